The first kappa shape index (κ1) is 10.6. The lowest BCUT2D eigenvalue weighted by molar-refractivity contribution is 1.32. The second-order valence-corrected chi connectivity index (χ2v) is 3.86. The van der Waals surface area contributed by atoms with Crippen molar-refractivity contribution in [1.82, 2.24) is 0 Å². The van der Waals surface area contributed by atoms with Crippen LogP contribution in [0.3, 0.4) is 0 Å². The summed E-state index contributed by atoms with van der Waals surface area (Å²) in [5.74, 6) is 0. The van der Waals surface area contributed by atoms with E-state index in [1.807, 2.05) is 31.2 Å². The van der Waals surface area contributed by atoms with Crippen molar-refractivity contribution in [2.75, 3.05) is 11.9 Å². The van der Waals surface area contributed by atoms with Gasteiger partial charge in [0.2, 0.25) is 0 Å². The van der Waals surface area contributed by atoms with Gasteiger partial charge in [-0.2, -0.15) is 0 Å². The van der Waals surface area contributed by atoms with Gasteiger partial charge in [-0.05, 0) is 41.1 Å². The summed E-state index contributed by atoms with van der Waals surface area (Å²) >= 11 is 9.23. The van der Waals surface area contributed by atoms with Crippen LogP contribution >= 0.6 is 27.5 Å². The number of benzene rings is 1. The van der Waals surface area contributed by atoms with Crippen molar-refractivity contribution in [2.45, 2.75) is 6.92 Å². The molecule has 0 radical (unpaired) electrons. The number of halogens is 2. The molecule has 1 aromatic rings. The average Bonchev–Trinajstić information content (AvgIpc) is 2.09. The van der Waals surface area contributed by atoms with Gasteiger partial charge < -0.3 is 5.32 Å². The predicted octanol–water partition coefficient (Wildman–Crippen LogP) is 4.09. The van der Waals surface area contributed by atoms with Gasteiger partial charge in [-0.25, -0.2) is 0 Å². The summed E-state index contributed by atoms with van der Waals surface area (Å²) in [7, 11) is 0. The fraction of sp³-hybridized carbons (Fsp3) is 0.200. The van der Waals surface area contributed by atoms with E-state index in [1.54, 1.807) is 0 Å². The van der Waals surface area contributed by atoms with Crippen molar-refractivity contribution in [3.05, 3.63) is 39.8 Å². The largest absolute Gasteiger partial charge is 0.381 e. The molecule has 0 atom stereocenters. The summed E-state index contributed by atoms with van der Waals surface area (Å²) in [4.78, 5) is 0. The van der Waals surface area contributed by atoms with Crippen LogP contribution in [0.4, 0.5) is 5.69 Å². The maximum atomic E-state index is 5.81. The van der Waals surface area contributed by atoms with Crippen molar-refractivity contribution in [1.29, 1.82) is 0 Å². The summed E-state index contributed by atoms with van der Waals surface area (Å²) in [5.41, 5.74) is 1.06. The van der Waals surface area contributed by atoms with Gasteiger partial charge in [0.05, 0.1) is 0 Å². The Balaban J connectivity index is 2.66. The molecule has 0 saturated heterocycles. The molecule has 13 heavy (non-hydrogen) atoms. The zero-order valence-corrected chi connectivity index (χ0v) is 9.69. The molecule has 0 unspecified atom stereocenters. The third-order valence-electron chi connectivity index (χ3n) is 1.58. The van der Waals surface area contributed by atoms with Gasteiger partial charge in [0.25, 0.3) is 0 Å². The minimum Gasteiger partial charge on any atom is -0.381 e. The maximum absolute atomic E-state index is 5.81. The molecule has 3 heteroatoms. The molecule has 0 bridgehead atoms. The molecule has 0 spiro atoms. The first-order chi connectivity index (χ1) is 6.24. The summed E-state index contributed by atoms with van der Waals surface area (Å²) in [5, 5.41) is 3.99. The van der Waals surface area contributed by atoms with Gasteiger partial charge >= 0.3 is 0 Å². The molecule has 70 valence electrons. The van der Waals surface area contributed by atoms with Crippen molar-refractivity contribution >= 4 is 33.2 Å². The highest BCUT2D eigenvalue weighted by Crippen LogP contribution is 2.25. The number of hydrogen-bond acceptors (Lipinski definition) is 1. The van der Waals surface area contributed by atoms with Gasteiger partial charge in [-0.15, -0.1) is 0 Å². The van der Waals surface area contributed by atoms with E-state index < -0.39 is 0 Å². The summed E-state index contributed by atoms with van der Waals surface area (Å²) < 4.78 is 0.990. The van der Waals surface area contributed by atoms with E-state index in [0.29, 0.717) is 0 Å². The molecule has 1 rings (SSSR count). The Kier molecular flexibility index (Phi) is 4.33. The van der Waals surface area contributed by atoms with Crippen LogP contribution in [0.15, 0.2) is 34.8 Å². The summed E-state index contributed by atoms with van der Waals surface area (Å²) in [6.45, 7) is 2.83. The summed E-state index contributed by atoms with van der Waals surface area (Å²) in [6.07, 6.45) is 4.07. The number of nitrogens with one attached hydrogen (secondary N) is 1. The van der Waals surface area contributed by atoms with E-state index >= 15 is 0 Å². The van der Waals surface area contributed by atoms with Crippen LogP contribution in [0, 0.1) is 0 Å². The van der Waals surface area contributed by atoms with Crippen molar-refractivity contribution in [3.63, 3.8) is 0 Å². The minimum absolute atomic E-state index is 0.739. The first-order valence-electron chi connectivity index (χ1n) is 4.04. The molecule has 0 aromatic heterocycles. The molecule has 1 aromatic carbocycles. The number of rotatable bonds is 3. The highest BCUT2D eigenvalue weighted by molar-refractivity contribution is 9.10. The third kappa shape index (κ3) is 3.41. The lowest BCUT2D eigenvalue weighted by Gasteiger charge is -2.05. The van der Waals surface area contributed by atoms with E-state index in [2.05, 4.69) is 27.3 Å². The van der Waals surface area contributed by atoms with E-state index in [4.69, 9.17) is 11.6 Å². The summed E-state index contributed by atoms with van der Waals surface area (Å²) in [6, 6.07) is 5.69. The molecule has 0 fully saturated rings. The van der Waals surface area contributed by atoms with Gasteiger partial charge in [0.15, 0.2) is 0 Å². The van der Waals surface area contributed by atoms with Gasteiger partial charge in [-0.1, -0.05) is 23.8 Å². The van der Waals surface area contributed by atoms with E-state index in [-0.39, 0.29) is 0 Å². The average molecular weight is 261 g/mol. The number of hydrogen-bond donors (Lipinski definition) is 1. The molecule has 0 heterocycles. The quantitative estimate of drug-likeness (QED) is 0.807. The second kappa shape index (κ2) is 5.30. The normalized spacial score (nSPS) is 10.7. The van der Waals surface area contributed by atoms with Crippen LogP contribution in [0.2, 0.25) is 5.02 Å². The Morgan fingerprint density at radius 1 is 1.54 bits per heavy atom. The van der Waals surface area contributed by atoms with E-state index in [0.717, 1.165) is 21.7 Å². The zero-order valence-electron chi connectivity index (χ0n) is 7.35. The fourth-order valence-corrected chi connectivity index (χ4v) is 1.74. The number of allylic oxidation sites excluding steroid dienone is 1. The van der Waals surface area contributed by atoms with Crippen LogP contribution in [-0.4, -0.2) is 6.54 Å². The second-order valence-electron chi connectivity index (χ2n) is 2.57. The molecule has 0 aliphatic heterocycles. The first-order valence-corrected chi connectivity index (χ1v) is 5.21. The van der Waals surface area contributed by atoms with Gasteiger partial charge in [-0.3, -0.25) is 0 Å². The Labute approximate surface area is 91.9 Å². The van der Waals surface area contributed by atoms with Gasteiger partial charge in [0.1, 0.15) is 0 Å². The Morgan fingerprint density at radius 2 is 2.31 bits per heavy atom. The topological polar surface area (TPSA) is 12.0 Å². The molecule has 0 amide bonds. The van der Waals surface area contributed by atoms with Crippen LogP contribution in [0.5, 0.6) is 0 Å². The van der Waals surface area contributed by atoms with Crippen LogP contribution < -0.4 is 5.32 Å². The smallest absolute Gasteiger partial charge is 0.0488 e. The number of anilines is 1. The standard InChI is InChI=1S/C10H11BrClN/c1-2-3-6-13-10-5-4-8(12)7-9(10)11/h2-5,7,13H,6H2,1H3/b3-2+. The molecule has 0 aliphatic carbocycles. The Morgan fingerprint density at radius 3 is 2.92 bits per heavy atom. The maximum Gasteiger partial charge on any atom is 0.0488 e. The molecular weight excluding hydrogens is 249 g/mol. The van der Waals surface area contributed by atoms with E-state index in [9.17, 15) is 0 Å². The zero-order chi connectivity index (χ0) is 9.68. The van der Waals surface area contributed by atoms with Crippen LogP contribution in [0.1, 0.15) is 6.92 Å². The minimum atomic E-state index is 0.739. The Hall–Kier alpha value is -0.470. The molecule has 1 nitrogen and oxygen atoms in total. The van der Waals surface area contributed by atoms with Crippen molar-refractivity contribution in [3.8, 4) is 0 Å². The SMILES string of the molecule is C/C=C/CNc1ccc(Cl)cc1Br. The highest BCUT2D eigenvalue weighted by Gasteiger charge is 1.97. The monoisotopic (exact) mass is 259 g/mol. The predicted molar refractivity (Wildman–Crippen MR) is 62.5 cm³/mol. The molecule has 0 saturated carbocycles. The van der Waals surface area contributed by atoms with Gasteiger partial charge in [0, 0.05) is 21.7 Å². The van der Waals surface area contributed by atoms with Crippen LogP contribution in [0.25, 0.3) is 0 Å². The van der Waals surface area contributed by atoms with E-state index in [1.165, 1.54) is 0 Å². The van der Waals surface area contributed by atoms with Crippen LogP contribution in [-0.2, 0) is 0 Å². The fourth-order valence-electron chi connectivity index (χ4n) is 0.920. The molecular formula is C10H11BrClN. The highest BCUT2D eigenvalue weighted by atomic mass is 79.9. The Bertz CT molecular complexity index is 310. The van der Waals surface area contributed by atoms with Crippen molar-refractivity contribution in [2.24, 2.45) is 0 Å². The third-order valence-corrected chi connectivity index (χ3v) is 2.47. The lowest BCUT2D eigenvalue weighted by atomic mass is 10.3. The molecule has 0 aliphatic rings. The molecule has 1 N–H and O–H groups in total. The lowest BCUT2D eigenvalue weighted by Crippen LogP contribution is -1.98. The van der Waals surface area contributed by atoms with Crippen molar-refractivity contribution < 1.29 is 0 Å².